The summed E-state index contributed by atoms with van der Waals surface area (Å²) in [7, 11) is 1.84. The number of aromatic nitrogens is 5. The van der Waals surface area contributed by atoms with Crippen LogP contribution in [0.15, 0.2) is 67.0 Å². The number of allylic oxidation sites excluding steroid dienone is 2. The number of nitrogens with zero attached hydrogens (tertiary/aromatic N) is 5. The van der Waals surface area contributed by atoms with Crippen LogP contribution in [0.1, 0.15) is 11.5 Å². The highest BCUT2D eigenvalue weighted by Crippen LogP contribution is 2.34. The van der Waals surface area contributed by atoms with Gasteiger partial charge < -0.3 is 15.2 Å². The molecule has 0 saturated heterocycles. The third-order valence-electron chi connectivity index (χ3n) is 4.83. The Morgan fingerprint density at radius 2 is 1.82 bits per heavy atom. The summed E-state index contributed by atoms with van der Waals surface area (Å²) in [5.74, 6) is 0.432. The van der Waals surface area contributed by atoms with Crippen molar-refractivity contribution < 1.29 is 4.39 Å². The zero-order valence-electron chi connectivity index (χ0n) is 15.2. The topological polar surface area (TPSA) is 72.6 Å². The summed E-state index contributed by atoms with van der Waals surface area (Å²) in [6.07, 6.45) is 11.4. The molecule has 0 amide bonds. The molecule has 28 heavy (non-hydrogen) atoms. The van der Waals surface area contributed by atoms with Crippen LogP contribution in [0.4, 0.5) is 4.39 Å². The van der Waals surface area contributed by atoms with Gasteiger partial charge in [0.25, 0.3) is 0 Å². The van der Waals surface area contributed by atoms with Crippen LogP contribution in [-0.2, 0) is 13.6 Å². The number of rotatable bonds is 4. The van der Waals surface area contributed by atoms with Crippen molar-refractivity contribution in [3.8, 4) is 11.3 Å². The van der Waals surface area contributed by atoms with Crippen molar-refractivity contribution in [3.05, 3.63) is 84.4 Å². The molecule has 2 aromatic heterocycles. The minimum absolute atomic E-state index is 0.0254. The lowest BCUT2D eigenvalue weighted by Crippen LogP contribution is -2.36. The predicted molar refractivity (Wildman–Crippen MR) is 103 cm³/mol. The van der Waals surface area contributed by atoms with E-state index in [-0.39, 0.29) is 12.0 Å². The van der Waals surface area contributed by atoms with Gasteiger partial charge in [-0.1, -0.05) is 0 Å². The van der Waals surface area contributed by atoms with Crippen LogP contribution in [0.2, 0.25) is 0 Å². The smallest absolute Gasteiger partial charge is 0.170 e. The van der Waals surface area contributed by atoms with Gasteiger partial charge in [-0.2, -0.15) is 5.10 Å². The molecule has 1 unspecified atom stereocenters. The van der Waals surface area contributed by atoms with Gasteiger partial charge in [0.1, 0.15) is 18.3 Å². The number of halogens is 1. The van der Waals surface area contributed by atoms with Crippen LogP contribution >= 0.6 is 0 Å². The van der Waals surface area contributed by atoms with Crippen molar-refractivity contribution in [1.29, 1.82) is 0 Å². The van der Waals surface area contributed by atoms with Crippen molar-refractivity contribution in [3.63, 3.8) is 0 Å². The number of dihydropyridines is 1. The first-order valence-electron chi connectivity index (χ1n) is 8.94. The zero-order chi connectivity index (χ0) is 19.1. The molecule has 0 fully saturated rings. The lowest BCUT2D eigenvalue weighted by atomic mass is 9.97. The average molecular weight is 375 g/mol. The first-order chi connectivity index (χ1) is 13.7. The summed E-state index contributed by atoms with van der Waals surface area (Å²) in [5, 5.41) is 11.0. The van der Waals surface area contributed by atoms with Crippen LogP contribution in [0.5, 0.6) is 0 Å². The normalized spacial score (nSPS) is 17.6. The van der Waals surface area contributed by atoms with E-state index in [4.69, 9.17) is 0 Å². The summed E-state index contributed by atoms with van der Waals surface area (Å²) >= 11 is 0. The summed E-state index contributed by atoms with van der Waals surface area (Å²) in [4.78, 5) is 8.99. The molecular weight excluding hydrogens is 357 g/mol. The monoisotopic (exact) mass is 375 g/mol. The maximum atomic E-state index is 13.4. The molecular formula is C20H18FN7. The molecule has 7 nitrogen and oxygen atoms in total. The lowest BCUT2D eigenvalue weighted by Gasteiger charge is -2.22. The number of benzene rings is 1. The third-order valence-corrected chi connectivity index (χ3v) is 4.83. The van der Waals surface area contributed by atoms with Gasteiger partial charge in [0.05, 0.1) is 24.3 Å². The SMILES string of the molecule is Cn1cnc(Cn2cnc(-c3ccc(F)cc3)c2C2=C3C=CNC3NC=C2)n1. The predicted octanol–water partition coefficient (Wildman–Crippen LogP) is 2.18. The Balaban J connectivity index is 1.67. The Bertz CT molecular complexity index is 1120. The highest BCUT2D eigenvalue weighted by atomic mass is 19.1. The highest BCUT2D eigenvalue weighted by Gasteiger charge is 2.26. The molecule has 0 radical (unpaired) electrons. The maximum Gasteiger partial charge on any atom is 0.170 e. The van der Waals surface area contributed by atoms with Crippen LogP contribution < -0.4 is 10.6 Å². The molecule has 2 aliphatic rings. The van der Waals surface area contributed by atoms with E-state index in [0.29, 0.717) is 12.4 Å². The molecule has 2 aliphatic heterocycles. The van der Waals surface area contributed by atoms with Crippen molar-refractivity contribution in [2.75, 3.05) is 0 Å². The summed E-state index contributed by atoms with van der Waals surface area (Å²) < 4.78 is 17.2. The second-order valence-corrected chi connectivity index (χ2v) is 6.71. The van der Waals surface area contributed by atoms with Crippen molar-refractivity contribution in [2.24, 2.45) is 7.05 Å². The Morgan fingerprint density at radius 3 is 2.57 bits per heavy atom. The fourth-order valence-electron chi connectivity index (χ4n) is 3.56. The van der Waals surface area contributed by atoms with Gasteiger partial charge in [0.2, 0.25) is 0 Å². The second kappa shape index (κ2) is 6.49. The van der Waals surface area contributed by atoms with E-state index < -0.39 is 0 Å². The second-order valence-electron chi connectivity index (χ2n) is 6.71. The average Bonchev–Trinajstić information content (AvgIpc) is 3.42. The van der Waals surface area contributed by atoms with E-state index in [2.05, 4.69) is 31.8 Å². The van der Waals surface area contributed by atoms with Crippen LogP contribution in [0.25, 0.3) is 16.8 Å². The fraction of sp³-hybridized carbons (Fsp3) is 0.150. The molecule has 1 aromatic carbocycles. The van der Waals surface area contributed by atoms with Crippen molar-refractivity contribution in [1.82, 2.24) is 34.9 Å². The van der Waals surface area contributed by atoms with Gasteiger partial charge >= 0.3 is 0 Å². The van der Waals surface area contributed by atoms with Gasteiger partial charge in [-0.15, -0.1) is 0 Å². The Labute approximate surface area is 160 Å². The van der Waals surface area contributed by atoms with Gasteiger partial charge in [-0.05, 0) is 48.8 Å². The molecule has 0 bridgehead atoms. The zero-order valence-corrected chi connectivity index (χ0v) is 15.2. The molecule has 0 saturated carbocycles. The summed E-state index contributed by atoms with van der Waals surface area (Å²) in [6.45, 7) is 0.490. The molecule has 0 aliphatic carbocycles. The number of fused-ring (bicyclic) bond motifs is 1. The standard InChI is InChI=1S/C20H18FN7/c1-27-11-24-17(26-27)10-28-12-25-18(13-2-4-14(21)5-3-13)19(28)15-6-8-22-20-16(15)7-9-23-20/h2-9,11-12,20,22-23H,10H2,1H3. The van der Waals surface area contributed by atoms with E-state index in [1.165, 1.54) is 12.1 Å². The first-order valence-corrected chi connectivity index (χ1v) is 8.94. The van der Waals surface area contributed by atoms with E-state index >= 15 is 0 Å². The van der Waals surface area contributed by atoms with Crippen LogP contribution in [0, 0.1) is 5.82 Å². The Kier molecular flexibility index (Phi) is 3.82. The fourth-order valence-corrected chi connectivity index (χ4v) is 3.56. The number of nitrogens with one attached hydrogen (secondary N) is 2. The molecule has 2 N–H and O–H groups in total. The van der Waals surface area contributed by atoms with Crippen LogP contribution in [0.3, 0.4) is 0 Å². The van der Waals surface area contributed by atoms with Crippen molar-refractivity contribution in [2.45, 2.75) is 12.7 Å². The highest BCUT2D eigenvalue weighted by molar-refractivity contribution is 5.86. The Morgan fingerprint density at radius 1 is 1.04 bits per heavy atom. The van der Waals surface area contributed by atoms with Gasteiger partial charge in [0, 0.05) is 23.8 Å². The first kappa shape index (κ1) is 16.5. The quantitative estimate of drug-likeness (QED) is 0.731. The minimum atomic E-state index is -0.269. The van der Waals surface area contributed by atoms with E-state index in [1.54, 1.807) is 29.5 Å². The van der Waals surface area contributed by atoms with Gasteiger partial charge in [-0.25, -0.2) is 14.4 Å². The third kappa shape index (κ3) is 2.79. The van der Waals surface area contributed by atoms with E-state index in [0.717, 1.165) is 28.1 Å². The summed E-state index contributed by atoms with van der Waals surface area (Å²) in [6, 6.07) is 6.41. The van der Waals surface area contributed by atoms with Crippen LogP contribution in [-0.4, -0.2) is 30.5 Å². The molecule has 1 atom stereocenters. The molecule has 3 aromatic rings. The molecule has 140 valence electrons. The Hall–Kier alpha value is -3.68. The van der Waals surface area contributed by atoms with E-state index in [1.807, 2.05) is 30.1 Å². The summed E-state index contributed by atoms with van der Waals surface area (Å²) in [5.41, 5.74) is 4.78. The molecule has 8 heteroatoms. The molecule has 5 rings (SSSR count). The number of hydrogen-bond acceptors (Lipinski definition) is 5. The number of imidazole rings is 1. The van der Waals surface area contributed by atoms with Gasteiger partial charge in [-0.3, -0.25) is 4.68 Å². The number of hydrogen-bond donors (Lipinski definition) is 2. The number of aryl methyl sites for hydroxylation is 1. The maximum absolute atomic E-state index is 13.4. The van der Waals surface area contributed by atoms with Gasteiger partial charge in [0.15, 0.2) is 5.82 Å². The molecule has 4 heterocycles. The lowest BCUT2D eigenvalue weighted by molar-refractivity contribution is 0.628. The largest absolute Gasteiger partial charge is 0.368 e. The van der Waals surface area contributed by atoms with E-state index in [9.17, 15) is 4.39 Å². The molecule has 0 spiro atoms. The van der Waals surface area contributed by atoms with Crippen molar-refractivity contribution >= 4 is 5.57 Å². The minimum Gasteiger partial charge on any atom is -0.368 e.